The lowest BCUT2D eigenvalue weighted by molar-refractivity contribution is 0.373. The summed E-state index contributed by atoms with van der Waals surface area (Å²) in [4.78, 5) is 0. The van der Waals surface area contributed by atoms with Crippen molar-refractivity contribution in [3.63, 3.8) is 0 Å². The Bertz CT molecular complexity index is 6150. The molecule has 0 atom stereocenters. The SMILES string of the molecule is CC[Si](CC)(CC)c1ccccc1Oc1ccccc1.COc1cccc(-c2ccccc2)c1O.COc1cccc(-c2ccccc2O)c1.COc1cccc2c1oc1ccccc12.COc1ccccc1.COc1ccccc1O.COc1ccccc1Oc1ccccc1.Oc1ccccc1.Oc1ccccc1Oc1ccccc1.c1ccc(Oc2ccccc2)cc1. The molecule has 0 saturated heterocycles. The fourth-order valence-electron chi connectivity index (χ4n) is 13.1. The van der Waals surface area contributed by atoms with Crippen LogP contribution < -0.4 is 52.6 Å². The number of para-hydroxylation sites is 18. The molecule has 18 aromatic rings. The van der Waals surface area contributed by atoms with E-state index in [1.54, 1.807) is 120 Å². The molecule has 1 heterocycles. The summed E-state index contributed by atoms with van der Waals surface area (Å²) in [6.45, 7) is 7.00. The molecule has 17 heteroatoms. The van der Waals surface area contributed by atoms with Gasteiger partial charge in [0.2, 0.25) is 0 Å². The Balaban J connectivity index is 0.000000166. The minimum atomic E-state index is -1.42. The van der Waals surface area contributed by atoms with Crippen LogP contribution in [0.15, 0.2) is 453 Å². The van der Waals surface area contributed by atoms with E-state index in [1.807, 2.05) is 334 Å². The Hall–Kier alpha value is -16.2. The summed E-state index contributed by atoms with van der Waals surface area (Å²) in [7, 11) is 8.23. The molecule has 0 radical (unpaired) electrons. The van der Waals surface area contributed by atoms with Crippen LogP contribution in [0.3, 0.4) is 0 Å². The maximum absolute atomic E-state index is 9.92. The number of fused-ring (bicyclic) bond motifs is 3. The van der Waals surface area contributed by atoms with Gasteiger partial charge in [0.1, 0.15) is 63.1 Å². The Labute approximate surface area is 769 Å². The minimum absolute atomic E-state index is 0.149. The molecule has 18 rings (SSSR count). The summed E-state index contributed by atoms with van der Waals surface area (Å²) in [5.74, 6) is 11.8. The van der Waals surface area contributed by atoms with Crippen LogP contribution in [0.2, 0.25) is 18.1 Å². The molecular formula is C114H112O16Si. The lowest BCUT2D eigenvalue weighted by Gasteiger charge is -2.30. The second-order valence-electron chi connectivity index (χ2n) is 28.4. The van der Waals surface area contributed by atoms with Crippen molar-refractivity contribution in [3.8, 4) is 131 Å². The fourth-order valence-corrected chi connectivity index (χ4v) is 16.8. The molecule has 131 heavy (non-hydrogen) atoms. The van der Waals surface area contributed by atoms with Gasteiger partial charge in [0.25, 0.3) is 0 Å². The van der Waals surface area contributed by atoms with Gasteiger partial charge in [0.15, 0.2) is 57.3 Å². The number of phenolic OH excluding ortho intramolecular Hbond substituents is 5. The molecule has 0 amide bonds. The van der Waals surface area contributed by atoms with Crippen molar-refractivity contribution in [3.05, 3.63) is 449 Å². The molecule has 0 aliphatic carbocycles. The first kappa shape index (κ1) is 98.5. The number of phenols is 5. The summed E-state index contributed by atoms with van der Waals surface area (Å²) in [5.41, 5.74) is 5.26. The normalized spacial score (nSPS) is 9.96. The highest BCUT2D eigenvalue weighted by atomic mass is 28.3. The summed E-state index contributed by atoms with van der Waals surface area (Å²) in [5, 5.41) is 50.4. The first-order valence-electron chi connectivity index (χ1n) is 42.6. The third-order valence-corrected chi connectivity index (χ3v) is 25.7. The van der Waals surface area contributed by atoms with E-state index >= 15 is 0 Å². The van der Waals surface area contributed by atoms with E-state index in [1.165, 1.54) is 30.4 Å². The highest BCUT2D eigenvalue weighted by Crippen LogP contribution is 2.39. The van der Waals surface area contributed by atoms with Crippen LogP contribution in [0, 0.1) is 0 Å². The summed E-state index contributed by atoms with van der Waals surface area (Å²) < 4.78 is 59.0. The number of benzene rings is 17. The molecule has 668 valence electrons. The van der Waals surface area contributed by atoms with Crippen molar-refractivity contribution in [1.82, 2.24) is 0 Å². The van der Waals surface area contributed by atoms with E-state index in [9.17, 15) is 15.3 Å². The van der Waals surface area contributed by atoms with E-state index in [4.69, 9.17) is 62.0 Å². The molecule has 17 aromatic carbocycles. The smallest absolute Gasteiger partial charge is 0.177 e. The van der Waals surface area contributed by atoms with Gasteiger partial charge >= 0.3 is 0 Å². The summed E-state index contributed by atoms with van der Waals surface area (Å²) in [6, 6.07) is 145. The second-order valence-corrected chi connectivity index (χ2v) is 33.6. The zero-order valence-corrected chi connectivity index (χ0v) is 76.1. The standard InChI is InChI=1S/C18H24OSi.C13H10O2.3C13H12O2.C12H10O2.C12H10O.C7H8O2.C7H8O.C6H6O/c1-4-20(5-2,6-3)18-15-11-10-14-17(18)19-16-12-8-7-9-13-16;1-14-12-8-4-6-10-9-5-2-3-7-11(9)15-13(10)12;1-15-11-6-4-5-10(9-11)12-7-2-3-8-13(12)14;1-14-12-9-5-6-10-13(12)15-11-7-3-2-4-8-11;1-15-12-9-5-8-11(13(12)14)10-6-3-2-4-7-10;13-11-8-4-5-9-12(11)14-10-6-2-1-3-7-10;1-3-7-11(8-4-1)13-12-9-5-2-6-10-12;1-9-7-5-3-2-4-6(7)8;1-8-7-5-3-2-4-6-7;7-6-4-2-1-3-5-6/h7-15H,4-6H2,1-3H3;2-8H,1H3;2-9,14H,1H3;2-10H,1H3;2-9,14H,1H3;1-9,13H;1-10H;2-5,8H,1H3;2-6H,1H3;1-5,7H. The summed E-state index contributed by atoms with van der Waals surface area (Å²) in [6.07, 6.45) is 0. The maximum Gasteiger partial charge on any atom is 0.177 e. The average Bonchev–Trinajstić information content (AvgIpc) is 1.66. The lowest BCUT2D eigenvalue weighted by Crippen LogP contribution is -2.46. The topological polar surface area (TPSA) is 207 Å². The van der Waals surface area contributed by atoms with Crippen molar-refractivity contribution >= 4 is 35.2 Å². The Morgan fingerprint density at radius 2 is 0.557 bits per heavy atom. The van der Waals surface area contributed by atoms with E-state index in [0.29, 0.717) is 28.7 Å². The Morgan fingerprint density at radius 3 is 1.01 bits per heavy atom. The molecule has 5 N–H and O–H groups in total. The Morgan fingerprint density at radius 1 is 0.229 bits per heavy atom. The number of rotatable bonds is 20. The average molecular weight is 1770 g/mol. The zero-order valence-electron chi connectivity index (χ0n) is 75.1. The van der Waals surface area contributed by atoms with Crippen molar-refractivity contribution < 1.29 is 77.3 Å². The first-order chi connectivity index (χ1) is 64.2. The molecule has 16 nitrogen and oxygen atoms in total. The lowest BCUT2D eigenvalue weighted by atomic mass is 10.0. The van der Waals surface area contributed by atoms with E-state index < -0.39 is 8.07 Å². The maximum atomic E-state index is 9.92. The largest absolute Gasteiger partial charge is 0.508 e. The zero-order chi connectivity index (χ0) is 92.9. The van der Waals surface area contributed by atoms with Gasteiger partial charge in [-0.2, -0.15) is 0 Å². The van der Waals surface area contributed by atoms with Crippen molar-refractivity contribution in [2.45, 2.75) is 38.9 Å². The number of hydrogen-bond acceptors (Lipinski definition) is 16. The molecule has 0 saturated carbocycles. The minimum Gasteiger partial charge on any atom is -0.508 e. The molecule has 0 aliphatic rings. The van der Waals surface area contributed by atoms with Gasteiger partial charge in [-0.3, -0.25) is 0 Å². The van der Waals surface area contributed by atoms with Crippen LogP contribution in [-0.2, 0) is 0 Å². The number of methoxy groups -OCH3 is 6. The molecule has 1 aromatic heterocycles. The predicted octanol–water partition coefficient (Wildman–Crippen LogP) is 29.6. The van der Waals surface area contributed by atoms with E-state index in [0.717, 1.165) is 102 Å². The van der Waals surface area contributed by atoms with Gasteiger partial charge in [0.05, 0.1) is 50.7 Å². The molecular weight excluding hydrogens is 1650 g/mol. The van der Waals surface area contributed by atoms with Crippen LogP contribution in [-0.4, -0.2) is 76.3 Å². The van der Waals surface area contributed by atoms with Crippen molar-refractivity contribution in [2.24, 2.45) is 0 Å². The van der Waals surface area contributed by atoms with E-state index in [2.05, 4.69) is 51.1 Å². The number of ether oxygens (including phenoxy) is 10. The van der Waals surface area contributed by atoms with Crippen LogP contribution in [0.5, 0.6) is 109 Å². The van der Waals surface area contributed by atoms with Gasteiger partial charge in [-0.25, -0.2) is 0 Å². The van der Waals surface area contributed by atoms with Gasteiger partial charge in [0, 0.05) is 21.9 Å². The van der Waals surface area contributed by atoms with Crippen LogP contribution >= 0.6 is 0 Å². The Kier molecular flexibility index (Phi) is 41.6. The highest BCUT2D eigenvalue weighted by molar-refractivity contribution is 6.92. The monoisotopic (exact) mass is 1760 g/mol. The van der Waals surface area contributed by atoms with Crippen LogP contribution in [0.25, 0.3) is 44.2 Å². The third kappa shape index (κ3) is 32.0. The third-order valence-electron chi connectivity index (χ3n) is 20.1. The van der Waals surface area contributed by atoms with Gasteiger partial charge in [-0.05, 0) is 180 Å². The van der Waals surface area contributed by atoms with Gasteiger partial charge in [-0.1, -0.05) is 324 Å². The number of aromatic hydroxyl groups is 5. The molecule has 0 unspecified atom stereocenters. The van der Waals surface area contributed by atoms with Gasteiger partial charge < -0.3 is 77.3 Å². The fraction of sp³-hybridized carbons (Fsp3) is 0.105. The van der Waals surface area contributed by atoms with Crippen molar-refractivity contribution in [2.75, 3.05) is 42.7 Å². The van der Waals surface area contributed by atoms with Crippen molar-refractivity contribution in [1.29, 1.82) is 0 Å². The highest BCUT2D eigenvalue weighted by Gasteiger charge is 2.32. The quantitative estimate of drug-likeness (QED) is 0.0450. The number of furan rings is 1. The van der Waals surface area contributed by atoms with Gasteiger partial charge in [-0.15, -0.1) is 0 Å². The summed E-state index contributed by atoms with van der Waals surface area (Å²) >= 11 is 0. The molecule has 0 fully saturated rings. The van der Waals surface area contributed by atoms with Crippen LogP contribution in [0.1, 0.15) is 20.8 Å². The predicted molar refractivity (Wildman–Crippen MR) is 533 cm³/mol. The number of hydrogen-bond donors (Lipinski definition) is 5. The second kappa shape index (κ2) is 55.3. The van der Waals surface area contributed by atoms with Crippen LogP contribution in [0.4, 0.5) is 0 Å². The first-order valence-corrected chi connectivity index (χ1v) is 45.2. The molecule has 0 spiro atoms. The molecule has 0 bridgehead atoms. The van der Waals surface area contributed by atoms with E-state index in [-0.39, 0.29) is 23.0 Å². The molecule has 0 aliphatic heterocycles.